The Labute approximate surface area is 110 Å². The molecule has 0 heterocycles. The molecule has 1 fully saturated rings. The first-order valence-electron chi connectivity index (χ1n) is 7.28. The van der Waals surface area contributed by atoms with E-state index in [1.165, 1.54) is 37.7 Å². The van der Waals surface area contributed by atoms with E-state index in [4.69, 9.17) is 5.11 Å². The fourth-order valence-corrected chi connectivity index (χ4v) is 3.01. The molecule has 0 saturated heterocycles. The first-order valence-corrected chi connectivity index (χ1v) is 7.28. The third-order valence-corrected chi connectivity index (χ3v) is 4.05. The van der Waals surface area contributed by atoms with Crippen molar-refractivity contribution in [3.63, 3.8) is 0 Å². The van der Waals surface area contributed by atoms with Crippen LogP contribution in [0.1, 0.15) is 37.7 Å². The quantitative estimate of drug-likeness (QED) is 0.726. The summed E-state index contributed by atoms with van der Waals surface area (Å²) < 4.78 is 0. The number of aliphatic hydroxyl groups is 1. The molecule has 1 aromatic rings. The summed E-state index contributed by atoms with van der Waals surface area (Å²) in [5.74, 6) is 0.823. The Balaban J connectivity index is 1.74. The topological polar surface area (TPSA) is 32.3 Å². The van der Waals surface area contributed by atoms with E-state index in [9.17, 15) is 0 Å². The van der Waals surface area contributed by atoms with Crippen LogP contribution in [0.2, 0.25) is 0 Å². The van der Waals surface area contributed by atoms with Crippen LogP contribution in [-0.2, 0) is 6.42 Å². The molecule has 0 amide bonds. The number of aliphatic hydroxyl groups excluding tert-OH is 1. The molecule has 100 valence electrons. The van der Waals surface area contributed by atoms with Crippen LogP contribution in [0.25, 0.3) is 0 Å². The molecule has 1 aliphatic rings. The summed E-state index contributed by atoms with van der Waals surface area (Å²) in [6.07, 6.45) is 7.40. The number of rotatable bonds is 7. The lowest BCUT2D eigenvalue weighted by molar-refractivity contribution is 0.278. The third kappa shape index (κ3) is 4.11. The van der Waals surface area contributed by atoms with Gasteiger partial charge in [-0.15, -0.1) is 0 Å². The molecule has 2 atom stereocenters. The van der Waals surface area contributed by atoms with E-state index >= 15 is 0 Å². The Kier molecular flexibility index (Phi) is 5.69. The molecule has 0 bridgehead atoms. The van der Waals surface area contributed by atoms with Gasteiger partial charge in [0.1, 0.15) is 0 Å². The summed E-state index contributed by atoms with van der Waals surface area (Å²) in [6, 6.07) is 11.5. The maximum atomic E-state index is 8.82. The number of nitrogens with one attached hydrogen (secondary N) is 1. The van der Waals surface area contributed by atoms with E-state index in [2.05, 4.69) is 35.6 Å². The zero-order chi connectivity index (χ0) is 12.6. The molecule has 0 radical (unpaired) electrons. The van der Waals surface area contributed by atoms with Gasteiger partial charge in [0, 0.05) is 12.6 Å². The molecule has 2 N–H and O–H groups in total. The van der Waals surface area contributed by atoms with E-state index in [-0.39, 0.29) is 0 Å². The van der Waals surface area contributed by atoms with Crippen LogP contribution in [0.4, 0.5) is 0 Å². The van der Waals surface area contributed by atoms with Gasteiger partial charge in [-0.1, -0.05) is 36.8 Å². The second-order valence-corrected chi connectivity index (χ2v) is 5.35. The van der Waals surface area contributed by atoms with Crippen molar-refractivity contribution in [2.24, 2.45) is 5.92 Å². The molecular formula is C16H25NO. The third-order valence-electron chi connectivity index (χ3n) is 4.05. The van der Waals surface area contributed by atoms with Gasteiger partial charge in [0.15, 0.2) is 0 Å². The number of hydrogen-bond acceptors (Lipinski definition) is 2. The molecule has 2 rings (SSSR count). The summed E-state index contributed by atoms with van der Waals surface area (Å²) in [5, 5.41) is 12.4. The van der Waals surface area contributed by atoms with E-state index in [1.807, 2.05) is 0 Å². The average Bonchev–Trinajstić information content (AvgIpc) is 2.86. The van der Waals surface area contributed by atoms with E-state index in [0.29, 0.717) is 12.6 Å². The van der Waals surface area contributed by atoms with Crippen LogP contribution in [0.5, 0.6) is 0 Å². The highest BCUT2D eigenvalue weighted by atomic mass is 16.3. The summed E-state index contributed by atoms with van der Waals surface area (Å²) >= 11 is 0. The second-order valence-electron chi connectivity index (χ2n) is 5.35. The smallest absolute Gasteiger partial charge is 0.0443 e. The largest absolute Gasteiger partial charge is 0.396 e. The lowest BCUT2D eigenvalue weighted by Gasteiger charge is -2.21. The van der Waals surface area contributed by atoms with Crippen molar-refractivity contribution >= 4 is 0 Å². The zero-order valence-corrected chi connectivity index (χ0v) is 11.1. The highest BCUT2D eigenvalue weighted by molar-refractivity contribution is 5.14. The minimum atomic E-state index is 0.300. The molecule has 1 saturated carbocycles. The van der Waals surface area contributed by atoms with E-state index < -0.39 is 0 Å². The Hall–Kier alpha value is -0.860. The Bertz CT molecular complexity index is 325. The fourth-order valence-electron chi connectivity index (χ4n) is 3.01. The van der Waals surface area contributed by atoms with Crippen molar-refractivity contribution in [1.29, 1.82) is 0 Å². The summed E-state index contributed by atoms with van der Waals surface area (Å²) in [7, 11) is 0. The van der Waals surface area contributed by atoms with Crippen molar-refractivity contribution in [3.8, 4) is 0 Å². The predicted octanol–water partition coefficient (Wildman–Crippen LogP) is 2.76. The molecular weight excluding hydrogens is 222 g/mol. The van der Waals surface area contributed by atoms with E-state index in [1.54, 1.807) is 0 Å². The molecule has 0 spiro atoms. The standard InChI is InChI=1S/C16H25NO/c18-13-5-12-17-16-9-4-8-15(16)11-10-14-6-2-1-3-7-14/h1-3,6-7,15-18H,4-5,8-13H2. The van der Waals surface area contributed by atoms with E-state index in [0.717, 1.165) is 18.9 Å². The first kappa shape index (κ1) is 13.6. The second kappa shape index (κ2) is 7.55. The molecule has 1 aromatic carbocycles. The summed E-state index contributed by atoms with van der Waals surface area (Å²) in [6.45, 7) is 1.26. The van der Waals surface area contributed by atoms with Gasteiger partial charge in [-0.3, -0.25) is 0 Å². The highest BCUT2D eigenvalue weighted by Gasteiger charge is 2.25. The van der Waals surface area contributed by atoms with Crippen LogP contribution in [0.3, 0.4) is 0 Å². The SMILES string of the molecule is OCCCNC1CCCC1CCc1ccccc1. The molecule has 0 aromatic heterocycles. The molecule has 2 heteroatoms. The predicted molar refractivity (Wildman–Crippen MR) is 75.6 cm³/mol. The van der Waals surface area contributed by atoms with Gasteiger partial charge in [0.2, 0.25) is 0 Å². The zero-order valence-electron chi connectivity index (χ0n) is 11.1. The van der Waals surface area contributed by atoms with Gasteiger partial charge in [-0.05, 0) is 50.1 Å². The Morgan fingerprint density at radius 1 is 1.17 bits per heavy atom. The molecule has 2 unspecified atom stereocenters. The van der Waals surface area contributed by atoms with Crippen LogP contribution >= 0.6 is 0 Å². The Morgan fingerprint density at radius 2 is 2.00 bits per heavy atom. The van der Waals surface area contributed by atoms with Gasteiger partial charge < -0.3 is 10.4 Å². The number of aryl methyl sites for hydroxylation is 1. The van der Waals surface area contributed by atoms with Gasteiger partial charge in [0.25, 0.3) is 0 Å². The van der Waals surface area contributed by atoms with Crippen molar-refractivity contribution in [2.45, 2.75) is 44.6 Å². The van der Waals surface area contributed by atoms with Crippen LogP contribution in [0, 0.1) is 5.92 Å². The molecule has 1 aliphatic carbocycles. The van der Waals surface area contributed by atoms with Crippen LogP contribution in [0.15, 0.2) is 30.3 Å². The van der Waals surface area contributed by atoms with Crippen LogP contribution < -0.4 is 5.32 Å². The van der Waals surface area contributed by atoms with Gasteiger partial charge in [-0.25, -0.2) is 0 Å². The minimum Gasteiger partial charge on any atom is -0.396 e. The number of hydrogen-bond donors (Lipinski definition) is 2. The minimum absolute atomic E-state index is 0.300. The first-order chi connectivity index (χ1) is 8.90. The average molecular weight is 247 g/mol. The lowest BCUT2D eigenvalue weighted by atomic mass is 9.95. The number of benzene rings is 1. The van der Waals surface area contributed by atoms with Gasteiger partial charge in [-0.2, -0.15) is 0 Å². The van der Waals surface area contributed by atoms with Gasteiger partial charge >= 0.3 is 0 Å². The monoisotopic (exact) mass is 247 g/mol. The van der Waals surface area contributed by atoms with Gasteiger partial charge in [0.05, 0.1) is 0 Å². The Morgan fingerprint density at radius 3 is 2.78 bits per heavy atom. The maximum absolute atomic E-state index is 8.82. The molecule has 18 heavy (non-hydrogen) atoms. The van der Waals surface area contributed by atoms with Crippen LogP contribution in [-0.4, -0.2) is 24.3 Å². The maximum Gasteiger partial charge on any atom is 0.0443 e. The molecule has 2 nitrogen and oxygen atoms in total. The van der Waals surface area contributed by atoms with Crippen molar-refractivity contribution in [2.75, 3.05) is 13.2 Å². The fraction of sp³-hybridized carbons (Fsp3) is 0.625. The lowest BCUT2D eigenvalue weighted by Crippen LogP contribution is -2.33. The van der Waals surface area contributed by atoms with Crippen molar-refractivity contribution in [3.05, 3.63) is 35.9 Å². The summed E-state index contributed by atoms with van der Waals surface area (Å²) in [5.41, 5.74) is 1.46. The van der Waals surface area contributed by atoms with Crippen molar-refractivity contribution < 1.29 is 5.11 Å². The van der Waals surface area contributed by atoms with Crippen molar-refractivity contribution in [1.82, 2.24) is 5.32 Å². The normalized spacial score (nSPS) is 23.4. The highest BCUT2D eigenvalue weighted by Crippen LogP contribution is 2.29. The summed E-state index contributed by atoms with van der Waals surface area (Å²) in [4.78, 5) is 0. The molecule has 0 aliphatic heterocycles.